The molecule has 1 aromatic heterocycles. The lowest BCUT2D eigenvalue weighted by molar-refractivity contribution is -0.114. The Kier molecular flexibility index (Phi) is 5.18. The minimum atomic E-state index is -2.79. The summed E-state index contributed by atoms with van der Waals surface area (Å²) in [4.78, 5) is 19.7. The van der Waals surface area contributed by atoms with Crippen LogP contribution in [0.2, 0.25) is 0 Å². The fourth-order valence-electron chi connectivity index (χ4n) is 2.23. The Morgan fingerprint density at radius 1 is 1.08 bits per heavy atom. The number of rotatable bonds is 5. The van der Waals surface area contributed by atoms with Crippen LogP contribution in [0.1, 0.15) is 12.2 Å². The second-order valence-corrected chi connectivity index (χ2v) is 6.07. The molecule has 0 spiro atoms. The number of aromatic nitrogens is 2. The zero-order chi connectivity index (χ0) is 17.8. The molecule has 2 aromatic carbocycles. The van der Waals surface area contributed by atoms with Gasteiger partial charge in [-0.15, -0.1) is 0 Å². The van der Waals surface area contributed by atoms with Gasteiger partial charge in [-0.25, -0.2) is 18.7 Å². The monoisotopic (exact) mass is 406 g/mol. The van der Waals surface area contributed by atoms with Crippen LogP contribution in [-0.2, 0) is 4.79 Å². The molecule has 0 saturated carbocycles. The molecule has 8 heteroatoms. The van der Waals surface area contributed by atoms with Crippen molar-refractivity contribution in [1.82, 2.24) is 9.97 Å². The summed E-state index contributed by atoms with van der Waals surface area (Å²) in [5, 5.41) is 6.09. The third-order valence-corrected chi connectivity index (χ3v) is 3.89. The van der Waals surface area contributed by atoms with E-state index in [2.05, 4.69) is 36.5 Å². The Labute approximate surface area is 150 Å². The van der Waals surface area contributed by atoms with E-state index in [-0.39, 0.29) is 18.3 Å². The first-order valence-electron chi connectivity index (χ1n) is 7.37. The summed E-state index contributed by atoms with van der Waals surface area (Å²) in [5.41, 5.74) is 1.03. The predicted octanol–water partition coefficient (Wildman–Crippen LogP) is 4.38. The van der Waals surface area contributed by atoms with Gasteiger partial charge < -0.3 is 10.6 Å². The second kappa shape index (κ2) is 7.52. The fraction of sp³-hybridized carbons (Fsp3) is 0.118. The molecule has 5 nitrogen and oxygen atoms in total. The first-order chi connectivity index (χ1) is 12.0. The number of halogens is 3. The summed E-state index contributed by atoms with van der Waals surface area (Å²) in [6, 6.07) is 13.9. The van der Waals surface area contributed by atoms with Gasteiger partial charge in [-0.3, -0.25) is 4.79 Å². The van der Waals surface area contributed by atoms with E-state index in [0.717, 1.165) is 4.47 Å². The quantitative estimate of drug-likeness (QED) is 0.659. The van der Waals surface area contributed by atoms with Crippen LogP contribution in [0.15, 0.2) is 53.0 Å². The molecule has 2 N–H and O–H groups in total. The molecule has 3 aromatic rings. The lowest BCUT2D eigenvalue weighted by Crippen LogP contribution is -2.22. The Hall–Kier alpha value is -2.61. The molecule has 3 rings (SSSR count). The van der Waals surface area contributed by atoms with Crippen molar-refractivity contribution in [3.05, 3.63) is 58.8 Å². The molecule has 0 radical (unpaired) electrons. The van der Waals surface area contributed by atoms with E-state index in [0.29, 0.717) is 16.6 Å². The molecule has 0 saturated heterocycles. The highest BCUT2D eigenvalue weighted by molar-refractivity contribution is 9.10. The van der Waals surface area contributed by atoms with Gasteiger partial charge in [0.1, 0.15) is 5.82 Å². The zero-order valence-electron chi connectivity index (χ0n) is 12.8. The van der Waals surface area contributed by atoms with Crippen molar-refractivity contribution < 1.29 is 13.6 Å². The minimum Gasteiger partial charge on any atom is -0.360 e. The molecule has 0 aliphatic heterocycles. The predicted molar refractivity (Wildman–Crippen MR) is 95.8 cm³/mol. The van der Waals surface area contributed by atoms with E-state index >= 15 is 0 Å². The number of nitrogens with one attached hydrogen (secondary N) is 2. The van der Waals surface area contributed by atoms with Crippen molar-refractivity contribution in [2.75, 3.05) is 17.2 Å². The summed E-state index contributed by atoms with van der Waals surface area (Å²) in [6.07, 6.45) is -2.79. The van der Waals surface area contributed by atoms with Crippen LogP contribution >= 0.6 is 15.9 Å². The molecule has 0 bridgehead atoms. The highest BCUT2D eigenvalue weighted by Gasteiger charge is 2.15. The highest BCUT2D eigenvalue weighted by Crippen LogP contribution is 2.24. The van der Waals surface area contributed by atoms with Crippen molar-refractivity contribution in [2.24, 2.45) is 0 Å². The van der Waals surface area contributed by atoms with Crippen molar-refractivity contribution in [1.29, 1.82) is 0 Å². The van der Waals surface area contributed by atoms with Gasteiger partial charge in [0.25, 0.3) is 6.43 Å². The van der Waals surface area contributed by atoms with E-state index in [9.17, 15) is 13.6 Å². The molecule has 128 valence electrons. The lowest BCUT2D eigenvalue weighted by atomic mass is 10.2. The molecule has 0 atom stereocenters. The Bertz CT molecular complexity index is 903. The standard InChI is InChI=1S/C17H13BrF2N4O/c18-10-5-7-11(8-6-10)22-14(25)9-21-16-12-3-1-2-4-13(12)23-17(24-16)15(19)20/h1-8,15H,9H2,(H,22,25)(H,21,23,24). The summed E-state index contributed by atoms with van der Waals surface area (Å²) >= 11 is 3.31. The third-order valence-electron chi connectivity index (χ3n) is 3.36. The molecule has 1 heterocycles. The van der Waals surface area contributed by atoms with Crippen LogP contribution in [0, 0.1) is 0 Å². The van der Waals surface area contributed by atoms with Gasteiger partial charge in [0.05, 0.1) is 12.1 Å². The van der Waals surface area contributed by atoms with Crippen LogP contribution in [-0.4, -0.2) is 22.4 Å². The van der Waals surface area contributed by atoms with Crippen molar-refractivity contribution in [3.63, 3.8) is 0 Å². The van der Waals surface area contributed by atoms with Crippen molar-refractivity contribution >= 4 is 44.2 Å². The molecular weight excluding hydrogens is 394 g/mol. The number of hydrogen-bond acceptors (Lipinski definition) is 4. The highest BCUT2D eigenvalue weighted by atomic mass is 79.9. The third kappa shape index (κ3) is 4.27. The number of anilines is 2. The smallest absolute Gasteiger partial charge is 0.297 e. The number of para-hydroxylation sites is 1. The fourth-order valence-corrected chi connectivity index (χ4v) is 2.49. The van der Waals surface area contributed by atoms with Gasteiger partial charge in [0.2, 0.25) is 5.91 Å². The average Bonchev–Trinajstić information content (AvgIpc) is 2.61. The summed E-state index contributed by atoms with van der Waals surface area (Å²) in [5.74, 6) is -0.690. The van der Waals surface area contributed by atoms with Crippen molar-refractivity contribution in [2.45, 2.75) is 6.43 Å². The molecule has 0 aliphatic carbocycles. The van der Waals surface area contributed by atoms with E-state index < -0.39 is 12.2 Å². The van der Waals surface area contributed by atoms with Gasteiger partial charge in [-0.05, 0) is 36.4 Å². The SMILES string of the molecule is O=C(CNc1nc(C(F)F)nc2ccccc12)Nc1ccc(Br)cc1. The lowest BCUT2D eigenvalue weighted by Gasteiger charge is -2.11. The number of amides is 1. The minimum absolute atomic E-state index is 0.111. The number of nitrogens with zero attached hydrogens (tertiary/aromatic N) is 2. The van der Waals surface area contributed by atoms with E-state index in [4.69, 9.17) is 0 Å². The average molecular weight is 407 g/mol. The summed E-state index contributed by atoms with van der Waals surface area (Å²) in [6.45, 7) is -0.111. The molecule has 0 aliphatic rings. The van der Waals surface area contributed by atoms with E-state index in [1.165, 1.54) is 0 Å². The maximum absolute atomic E-state index is 13.0. The Morgan fingerprint density at radius 3 is 2.52 bits per heavy atom. The van der Waals surface area contributed by atoms with Crippen LogP contribution in [0.25, 0.3) is 10.9 Å². The van der Waals surface area contributed by atoms with Gasteiger partial charge in [0, 0.05) is 15.5 Å². The Balaban J connectivity index is 1.75. The zero-order valence-corrected chi connectivity index (χ0v) is 14.4. The topological polar surface area (TPSA) is 66.9 Å². The normalized spacial score (nSPS) is 10.9. The molecule has 0 fully saturated rings. The van der Waals surface area contributed by atoms with Crippen LogP contribution in [0.4, 0.5) is 20.3 Å². The van der Waals surface area contributed by atoms with Gasteiger partial charge in [-0.2, -0.15) is 0 Å². The van der Waals surface area contributed by atoms with Crippen molar-refractivity contribution in [3.8, 4) is 0 Å². The number of hydrogen-bond donors (Lipinski definition) is 2. The van der Waals surface area contributed by atoms with Crippen LogP contribution < -0.4 is 10.6 Å². The number of carbonyl (C=O) groups is 1. The summed E-state index contributed by atoms with van der Waals surface area (Å²) in [7, 11) is 0. The van der Waals surface area contributed by atoms with Gasteiger partial charge >= 0.3 is 0 Å². The first-order valence-corrected chi connectivity index (χ1v) is 8.16. The molecule has 1 amide bonds. The first kappa shape index (κ1) is 17.2. The van der Waals surface area contributed by atoms with Gasteiger partial charge in [-0.1, -0.05) is 28.1 Å². The van der Waals surface area contributed by atoms with Crippen LogP contribution in [0.3, 0.4) is 0 Å². The number of benzene rings is 2. The largest absolute Gasteiger partial charge is 0.360 e. The Morgan fingerprint density at radius 2 is 1.80 bits per heavy atom. The van der Waals surface area contributed by atoms with E-state index in [1.807, 2.05) is 0 Å². The number of alkyl halides is 2. The summed E-state index contributed by atoms with van der Waals surface area (Å²) < 4.78 is 26.8. The number of fused-ring (bicyclic) bond motifs is 1. The van der Waals surface area contributed by atoms with Gasteiger partial charge in [0.15, 0.2) is 5.82 Å². The molecular formula is C17H13BrF2N4O. The van der Waals surface area contributed by atoms with E-state index in [1.54, 1.807) is 48.5 Å². The van der Waals surface area contributed by atoms with Crippen LogP contribution in [0.5, 0.6) is 0 Å². The molecule has 0 unspecified atom stereocenters. The maximum atomic E-state index is 13.0. The maximum Gasteiger partial charge on any atom is 0.297 e. The second-order valence-electron chi connectivity index (χ2n) is 5.16. The number of carbonyl (C=O) groups excluding carboxylic acids is 1. The molecule has 25 heavy (non-hydrogen) atoms.